The van der Waals surface area contributed by atoms with Crippen molar-refractivity contribution in [3.63, 3.8) is 0 Å². The molecule has 0 radical (unpaired) electrons. The summed E-state index contributed by atoms with van der Waals surface area (Å²) in [5.74, 6) is 0.696. The average Bonchev–Trinajstić information content (AvgIpc) is 3.10. The van der Waals surface area contributed by atoms with Crippen molar-refractivity contribution in [1.82, 2.24) is 20.0 Å². The fourth-order valence-corrected chi connectivity index (χ4v) is 2.60. The molecule has 6 nitrogen and oxygen atoms in total. The van der Waals surface area contributed by atoms with Crippen LogP contribution in [0.1, 0.15) is 0 Å². The maximum Gasteiger partial charge on any atom is 0.234 e. The first kappa shape index (κ1) is 15.5. The predicted octanol–water partition coefficient (Wildman–Crippen LogP) is 3.05. The monoisotopic (exact) mass is 345 g/mol. The number of thioether (sulfide) groups is 1. The Morgan fingerprint density at radius 1 is 1.17 bits per heavy atom. The molecule has 3 rings (SSSR count). The highest BCUT2D eigenvalue weighted by Gasteiger charge is 2.07. The Hall–Kier alpha value is -2.38. The third kappa shape index (κ3) is 4.08. The number of anilines is 1. The molecule has 0 fully saturated rings. The maximum absolute atomic E-state index is 11.9. The Kier molecular flexibility index (Phi) is 4.89. The molecule has 0 atom stereocenters. The summed E-state index contributed by atoms with van der Waals surface area (Å²) in [7, 11) is 0. The molecule has 0 bridgehead atoms. The lowest BCUT2D eigenvalue weighted by Gasteiger charge is -2.06. The van der Waals surface area contributed by atoms with Gasteiger partial charge >= 0.3 is 0 Å². The molecule has 0 aliphatic carbocycles. The topological polar surface area (TPSA) is 72.7 Å². The van der Waals surface area contributed by atoms with Crippen molar-refractivity contribution in [2.24, 2.45) is 0 Å². The van der Waals surface area contributed by atoms with Crippen LogP contribution in [0.15, 0.2) is 59.9 Å². The van der Waals surface area contributed by atoms with Gasteiger partial charge in [-0.3, -0.25) is 4.79 Å². The number of nitrogens with zero attached hydrogens (tertiary/aromatic N) is 4. The Morgan fingerprint density at radius 3 is 2.74 bits per heavy atom. The van der Waals surface area contributed by atoms with E-state index in [0.717, 1.165) is 0 Å². The molecule has 0 unspecified atom stereocenters. The van der Waals surface area contributed by atoms with E-state index in [1.165, 1.54) is 11.8 Å². The van der Waals surface area contributed by atoms with E-state index in [4.69, 9.17) is 11.6 Å². The van der Waals surface area contributed by atoms with Gasteiger partial charge in [0.1, 0.15) is 5.03 Å². The van der Waals surface area contributed by atoms with E-state index in [2.05, 4.69) is 20.6 Å². The molecule has 1 N–H and O–H groups in total. The molecule has 3 aromatic rings. The lowest BCUT2D eigenvalue weighted by atomic mass is 10.3. The highest BCUT2D eigenvalue weighted by atomic mass is 35.5. The zero-order valence-corrected chi connectivity index (χ0v) is 13.5. The number of carbonyl (C=O) groups is 1. The first-order chi connectivity index (χ1) is 11.2. The Balaban J connectivity index is 1.56. The number of hydrogen-bond donors (Lipinski definition) is 1. The fraction of sp³-hybridized carbons (Fsp3) is 0.0667. The van der Waals surface area contributed by atoms with E-state index in [1.54, 1.807) is 41.3 Å². The van der Waals surface area contributed by atoms with Crippen LogP contribution in [0, 0.1) is 0 Å². The first-order valence-electron chi connectivity index (χ1n) is 6.73. The summed E-state index contributed by atoms with van der Waals surface area (Å²) >= 11 is 7.30. The van der Waals surface area contributed by atoms with Crippen LogP contribution in [0.2, 0.25) is 5.02 Å². The van der Waals surface area contributed by atoms with Gasteiger partial charge in [-0.1, -0.05) is 35.5 Å². The molecule has 2 heterocycles. The minimum absolute atomic E-state index is 0.152. The summed E-state index contributed by atoms with van der Waals surface area (Å²) in [5.41, 5.74) is 0.597. The van der Waals surface area contributed by atoms with Crippen LogP contribution >= 0.6 is 23.4 Å². The van der Waals surface area contributed by atoms with Crippen LogP contribution < -0.4 is 5.32 Å². The number of amides is 1. The summed E-state index contributed by atoms with van der Waals surface area (Å²) in [6.07, 6.45) is 3.46. The molecule has 116 valence electrons. The molecule has 1 aromatic carbocycles. The Bertz CT molecular complexity index is 792. The third-order valence-corrected chi connectivity index (χ3v) is 4.11. The molecular formula is C15H12ClN5OS. The van der Waals surface area contributed by atoms with Gasteiger partial charge in [0, 0.05) is 12.4 Å². The van der Waals surface area contributed by atoms with Crippen molar-refractivity contribution < 1.29 is 4.79 Å². The zero-order chi connectivity index (χ0) is 16.1. The van der Waals surface area contributed by atoms with Crippen molar-refractivity contribution in [1.29, 1.82) is 0 Å². The quantitative estimate of drug-likeness (QED) is 0.719. The SMILES string of the molecule is O=C(CSc1ccc(-n2cccn2)nn1)Nc1ccccc1Cl. The van der Waals surface area contributed by atoms with Crippen LogP contribution in [-0.4, -0.2) is 31.6 Å². The van der Waals surface area contributed by atoms with E-state index in [9.17, 15) is 4.79 Å². The molecule has 0 aliphatic rings. The largest absolute Gasteiger partial charge is 0.324 e. The van der Waals surface area contributed by atoms with Gasteiger partial charge in [-0.25, -0.2) is 4.68 Å². The number of halogens is 1. The molecule has 0 saturated heterocycles. The third-order valence-electron chi connectivity index (χ3n) is 2.86. The highest BCUT2D eigenvalue weighted by Crippen LogP contribution is 2.21. The second kappa shape index (κ2) is 7.26. The van der Waals surface area contributed by atoms with Gasteiger partial charge in [-0.15, -0.1) is 10.2 Å². The highest BCUT2D eigenvalue weighted by molar-refractivity contribution is 7.99. The van der Waals surface area contributed by atoms with Crippen molar-refractivity contribution >= 4 is 35.0 Å². The predicted molar refractivity (Wildman–Crippen MR) is 90.0 cm³/mol. The van der Waals surface area contributed by atoms with Crippen LogP contribution in [-0.2, 0) is 4.79 Å². The number of nitrogens with one attached hydrogen (secondary N) is 1. The maximum atomic E-state index is 11.9. The minimum Gasteiger partial charge on any atom is -0.324 e. The molecule has 1 amide bonds. The molecule has 0 saturated carbocycles. The van der Waals surface area contributed by atoms with Gasteiger partial charge in [-0.05, 0) is 30.3 Å². The van der Waals surface area contributed by atoms with Crippen LogP contribution in [0.25, 0.3) is 5.82 Å². The second-order valence-electron chi connectivity index (χ2n) is 4.50. The number of benzene rings is 1. The molecule has 0 spiro atoms. The average molecular weight is 346 g/mol. The van der Waals surface area contributed by atoms with E-state index >= 15 is 0 Å². The molecule has 23 heavy (non-hydrogen) atoms. The van der Waals surface area contributed by atoms with E-state index < -0.39 is 0 Å². The van der Waals surface area contributed by atoms with E-state index in [-0.39, 0.29) is 11.7 Å². The number of aromatic nitrogens is 4. The van der Waals surface area contributed by atoms with Gasteiger partial charge < -0.3 is 5.32 Å². The summed E-state index contributed by atoms with van der Waals surface area (Å²) in [4.78, 5) is 11.9. The lowest BCUT2D eigenvalue weighted by molar-refractivity contribution is -0.113. The smallest absolute Gasteiger partial charge is 0.234 e. The second-order valence-corrected chi connectivity index (χ2v) is 5.90. The van der Waals surface area contributed by atoms with E-state index in [1.807, 2.05) is 18.2 Å². The summed E-state index contributed by atoms with van der Waals surface area (Å²) in [6, 6.07) is 12.5. The standard InChI is InChI=1S/C15H12ClN5OS/c16-11-4-1-2-5-12(11)18-14(22)10-23-15-7-6-13(19-20-15)21-9-3-8-17-21/h1-9H,10H2,(H,18,22). The van der Waals surface area contributed by atoms with Gasteiger partial charge in [0.05, 0.1) is 16.5 Å². The van der Waals surface area contributed by atoms with Gasteiger partial charge in [0.2, 0.25) is 5.91 Å². The number of para-hydroxylation sites is 1. The van der Waals surface area contributed by atoms with Gasteiger partial charge in [0.25, 0.3) is 0 Å². The van der Waals surface area contributed by atoms with Crippen molar-refractivity contribution in [3.05, 3.63) is 59.9 Å². The molecule has 0 aliphatic heterocycles. The molecule has 2 aromatic heterocycles. The van der Waals surface area contributed by atoms with Crippen LogP contribution in [0.3, 0.4) is 0 Å². The minimum atomic E-state index is -0.152. The van der Waals surface area contributed by atoms with Crippen LogP contribution in [0.5, 0.6) is 0 Å². The zero-order valence-electron chi connectivity index (χ0n) is 11.9. The van der Waals surface area contributed by atoms with Gasteiger partial charge in [0.15, 0.2) is 5.82 Å². The van der Waals surface area contributed by atoms with Crippen LogP contribution in [0.4, 0.5) is 5.69 Å². The molecule has 8 heteroatoms. The van der Waals surface area contributed by atoms with Crippen molar-refractivity contribution in [2.45, 2.75) is 5.03 Å². The number of hydrogen-bond acceptors (Lipinski definition) is 5. The van der Waals surface area contributed by atoms with E-state index in [0.29, 0.717) is 21.6 Å². The van der Waals surface area contributed by atoms with Crippen molar-refractivity contribution in [3.8, 4) is 5.82 Å². The van der Waals surface area contributed by atoms with Gasteiger partial charge in [-0.2, -0.15) is 5.10 Å². The summed E-state index contributed by atoms with van der Waals surface area (Å²) in [6.45, 7) is 0. The number of carbonyl (C=O) groups excluding carboxylic acids is 1. The van der Waals surface area contributed by atoms with Crippen molar-refractivity contribution in [2.75, 3.05) is 11.1 Å². The Labute approximate surface area is 141 Å². The summed E-state index contributed by atoms with van der Waals surface area (Å²) in [5, 5.41) is 16.2. The summed E-state index contributed by atoms with van der Waals surface area (Å²) < 4.78 is 1.62. The Morgan fingerprint density at radius 2 is 2.04 bits per heavy atom. The fourth-order valence-electron chi connectivity index (χ4n) is 1.80. The number of rotatable bonds is 5. The lowest BCUT2D eigenvalue weighted by Crippen LogP contribution is -2.14. The molecular weight excluding hydrogens is 334 g/mol. The first-order valence-corrected chi connectivity index (χ1v) is 8.09. The normalized spacial score (nSPS) is 10.5.